The first kappa shape index (κ1) is 12.8. The second kappa shape index (κ2) is 5.33. The molecule has 1 unspecified atom stereocenters. The molecule has 19 heavy (non-hydrogen) atoms. The number of nitrogens with zero attached hydrogens (tertiary/aromatic N) is 3. The van der Waals surface area contributed by atoms with E-state index in [1.807, 2.05) is 37.3 Å². The van der Waals surface area contributed by atoms with E-state index in [1.54, 1.807) is 18.5 Å². The van der Waals surface area contributed by atoms with Gasteiger partial charge in [-0.25, -0.2) is 0 Å². The van der Waals surface area contributed by atoms with Gasteiger partial charge in [0.2, 0.25) is 0 Å². The fourth-order valence-electron chi connectivity index (χ4n) is 2.17. The SMILES string of the molecule is CC(C#N)(Cc1cccnc1)c1ccccc1C#N. The zero-order chi connectivity index (χ0) is 13.7. The highest BCUT2D eigenvalue weighted by molar-refractivity contribution is 5.46. The van der Waals surface area contributed by atoms with Gasteiger partial charge in [-0.05, 0) is 36.6 Å². The summed E-state index contributed by atoms with van der Waals surface area (Å²) in [6.07, 6.45) is 4.00. The van der Waals surface area contributed by atoms with Crippen LogP contribution in [0.2, 0.25) is 0 Å². The van der Waals surface area contributed by atoms with Gasteiger partial charge in [0.25, 0.3) is 0 Å². The van der Waals surface area contributed by atoms with Crippen LogP contribution in [0.5, 0.6) is 0 Å². The Balaban J connectivity index is 2.44. The molecular formula is C16H13N3. The molecule has 0 spiro atoms. The van der Waals surface area contributed by atoms with E-state index >= 15 is 0 Å². The highest BCUT2D eigenvalue weighted by Gasteiger charge is 2.29. The van der Waals surface area contributed by atoms with Crippen molar-refractivity contribution in [1.82, 2.24) is 4.98 Å². The molecule has 2 rings (SSSR count). The molecule has 1 aromatic carbocycles. The third-order valence-electron chi connectivity index (χ3n) is 3.17. The molecule has 0 fully saturated rings. The number of nitriles is 2. The van der Waals surface area contributed by atoms with Crippen molar-refractivity contribution in [2.75, 3.05) is 0 Å². The van der Waals surface area contributed by atoms with Crippen molar-refractivity contribution < 1.29 is 0 Å². The van der Waals surface area contributed by atoms with Crippen molar-refractivity contribution in [3.8, 4) is 12.1 Å². The minimum atomic E-state index is -0.727. The third kappa shape index (κ3) is 2.61. The molecule has 1 heterocycles. The Labute approximate surface area is 112 Å². The Morgan fingerprint density at radius 3 is 2.58 bits per heavy atom. The largest absolute Gasteiger partial charge is 0.264 e. The molecule has 0 amide bonds. The van der Waals surface area contributed by atoms with Crippen LogP contribution in [0, 0.1) is 22.7 Å². The Morgan fingerprint density at radius 2 is 1.95 bits per heavy atom. The summed E-state index contributed by atoms with van der Waals surface area (Å²) >= 11 is 0. The van der Waals surface area contributed by atoms with Gasteiger partial charge in [-0.3, -0.25) is 4.98 Å². The Kier molecular flexibility index (Phi) is 3.59. The van der Waals surface area contributed by atoms with E-state index in [2.05, 4.69) is 17.1 Å². The fourth-order valence-corrected chi connectivity index (χ4v) is 2.17. The van der Waals surface area contributed by atoms with Crippen molar-refractivity contribution in [3.05, 3.63) is 65.5 Å². The predicted octanol–water partition coefficient (Wildman–Crippen LogP) is 2.98. The summed E-state index contributed by atoms with van der Waals surface area (Å²) in [5.74, 6) is 0. The zero-order valence-electron chi connectivity index (χ0n) is 10.7. The molecular weight excluding hydrogens is 234 g/mol. The summed E-state index contributed by atoms with van der Waals surface area (Å²) in [5.41, 5.74) is 1.58. The molecule has 0 bridgehead atoms. The van der Waals surface area contributed by atoms with Crippen molar-refractivity contribution in [2.24, 2.45) is 0 Å². The highest BCUT2D eigenvalue weighted by Crippen LogP contribution is 2.29. The zero-order valence-corrected chi connectivity index (χ0v) is 10.7. The van der Waals surface area contributed by atoms with Crippen LogP contribution in [0.1, 0.15) is 23.6 Å². The van der Waals surface area contributed by atoms with Crippen LogP contribution in [0.4, 0.5) is 0 Å². The Morgan fingerprint density at radius 1 is 1.16 bits per heavy atom. The average molecular weight is 247 g/mol. The van der Waals surface area contributed by atoms with Gasteiger partial charge in [0.15, 0.2) is 0 Å². The van der Waals surface area contributed by atoms with Crippen molar-refractivity contribution >= 4 is 0 Å². The molecule has 1 aromatic heterocycles. The van der Waals surface area contributed by atoms with Gasteiger partial charge in [0.1, 0.15) is 0 Å². The second-order valence-corrected chi connectivity index (χ2v) is 4.64. The minimum absolute atomic E-state index is 0.538. The predicted molar refractivity (Wildman–Crippen MR) is 72.1 cm³/mol. The second-order valence-electron chi connectivity index (χ2n) is 4.64. The molecule has 3 heteroatoms. The van der Waals surface area contributed by atoms with E-state index < -0.39 is 5.41 Å². The molecule has 0 aliphatic carbocycles. The maximum absolute atomic E-state index is 9.54. The van der Waals surface area contributed by atoms with E-state index in [9.17, 15) is 10.5 Å². The van der Waals surface area contributed by atoms with E-state index in [0.717, 1.165) is 11.1 Å². The number of hydrogen-bond donors (Lipinski definition) is 0. The van der Waals surface area contributed by atoms with Crippen molar-refractivity contribution in [2.45, 2.75) is 18.8 Å². The van der Waals surface area contributed by atoms with Gasteiger partial charge >= 0.3 is 0 Å². The minimum Gasteiger partial charge on any atom is -0.264 e. The molecule has 0 aliphatic heterocycles. The van der Waals surface area contributed by atoms with Gasteiger partial charge in [-0.15, -0.1) is 0 Å². The first-order chi connectivity index (χ1) is 9.19. The Hall–Kier alpha value is -2.65. The lowest BCUT2D eigenvalue weighted by molar-refractivity contribution is 0.603. The van der Waals surface area contributed by atoms with Gasteiger partial charge in [-0.2, -0.15) is 10.5 Å². The molecule has 0 saturated carbocycles. The van der Waals surface area contributed by atoms with Gasteiger partial charge in [-0.1, -0.05) is 24.3 Å². The van der Waals surface area contributed by atoms with Crippen LogP contribution in [0.25, 0.3) is 0 Å². The smallest absolute Gasteiger partial charge is 0.0995 e. The molecule has 0 saturated heterocycles. The van der Waals surface area contributed by atoms with E-state index in [0.29, 0.717) is 12.0 Å². The first-order valence-corrected chi connectivity index (χ1v) is 5.99. The van der Waals surface area contributed by atoms with Crippen LogP contribution in [-0.4, -0.2) is 4.98 Å². The van der Waals surface area contributed by atoms with Crippen molar-refractivity contribution in [3.63, 3.8) is 0 Å². The third-order valence-corrected chi connectivity index (χ3v) is 3.17. The first-order valence-electron chi connectivity index (χ1n) is 5.99. The quantitative estimate of drug-likeness (QED) is 0.837. The summed E-state index contributed by atoms with van der Waals surface area (Å²) in [5, 5.41) is 18.7. The van der Waals surface area contributed by atoms with Gasteiger partial charge in [0.05, 0.1) is 23.1 Å². The van der Waals surface area contributed by atoms with E-state index in [-0.39, 0.29) is 0 Å². The molecule has 92 valence electrons. The van der Waals surface area contributed by atoms with Gasteiger partial charge < -0.3 is 0 Å². The molecule has 1 atom stereocenters. The summed E-state index contributed by atoms with van der Waals surface area (Å²) in [7, 11) is 0. The normalized spacial score (nSPS) is 13.0. The number of hydrogen-bond acceptors (Lipinski definition) is 3. The number of benzene rings is 1. The molecule has 3 nitrogen and oxygen atoms in total. The standard InChI is InChI=1S/C16H13N3/c1-16(12-18,9-13-5-4-8-19-11-13)15-7-3-2-6-14(15)10-17/h2-8,11H,9H2,1H3. The number of rotatable bonds is 3. The lowest BCUT2D eigenvalue weighted by Gasteiger charge is -2.23. The molecule has 0 radical (unpaired) electrons. The van der Waals surface area contributed by atoms with Crippen molar-refractivity contribution in [1.29, 1.82) is 10.5 Å². The maximum atomic E-state index is 9.54. The monoisotopic (exact) mass is 247 g/mol. The van der Waals surface area contributed by atoms with Crippen LogP contribution < -0.4 is 0 Å². The summed E-state index contributed by atoms with van der Waals surface area (Å²) in [6, 6.07) is 15.5. The molecule has 2 aromatic rings. The molecule has 0 aliphatic rings. The fraction of sp³-hybridized carbons (Fsp3) is 0.188. The lowest BCUT2D eigenvalue weighted by atomic mass is 9.77. The van der Waals surface area contributed by atoms with Crippen LogP contribution >= 0.6 is 0 Å². The van der Waals surface area contributed by atoms with Crippen LogP contribution in [0.3, 0.4) is 0 Å². The lowest BCUT2D eigenvalue weighted by Crippen LogP contribution is -2.24. The summed E-state index contributed by atoms with van der Waals surface area (Å²) in [6.45, 7) is 1.86. The van der Waals surface area contributed by atoms with Crippen LogP contribution in [-0.2, 0) is 11.8 Å². The van der Waals surface area contributed by atoms with E-state index in [1.165, 1.54) is 0 Å². The highest BCUT2D eigenvalue weighted by atomic mass is 14.6. The number of aromatic nitrogens is 1. The topological polar surface area (TPSA) is 60.5 Å². The maximum Gasteiger partial charge on any atom is 0.0995 e. The summed E-state index contributed by atoms with van der Waals surface area (Å²) in [4.78, 5) is 4.06. The average Bonchev–Trinajstić information content (AvgIpc) is 2.48. The molecule has 0 N–H and O–H groups in total. The van der Waals surface area contributed by atoms with E-state index in [4.69, 9.17) is 0 Å². The Bertz CT molecular complexity index is 650. The summed E-state index contributed by atoms with van der Waals surface area (Å²) < 4.78 is 0. The van der Waals surface area contributed by atoms with Crippen LogP contribution in [0.15, 0.2) is 48.8 Å². The van der Waals surface area contributed by atoms with Gasteiger partial charge in [0, 0.05) is 12.4 Å². The number of pyridine rings is 1.